The first-order valence-corrected chi connectivity index (χ1v) is 2.54. The lowest BCUT2D eigenvalue weighted by Crippen LogP contribution is -2.27. The van der Waals surface area contributed by atoms with Gasteiger partial charge in [-0.1, -0.05) is 0 Å². The van der Waals surface area contributed by atoms with Gasteiger partial charge >= 0.3 is 0 Å². The van der Waals surface area contributed by atoms with Crippen LogP contribution in [0.1, 0.15) is 6.92 Å². The number of hydrogen-bond acceptors (Lipinski definition) is 3. The molecule has 1 heterocycles. The van der Waals surface area contributed by atoms with E-state index in [2.05, 4.69) is 4.98 Å². The molecule has 0 saturated heterocycles. The second-order valence-corrected chi connectivity index (χ2v) is 1.94. The monoisotopic (exact) mass is 128 g/mol. The molecule has 0 atom stereocenters. The van der Waals surface area contributed by atoms with Crippen molar-refractivity contribution in [1.29, 1.82) is 0 Å². The maximum atomic E-state index is 8.86. The van der Waals surface area contributed by atoms with Crippen molar-refractivity contribution in [1.82, 2.24) is 9.55 Å². The number of rotatable bonds is 1. The van der Waals surface area contributed by atoms with E-state index in [1.807, 2.05) is 0 Å². The fourth-order valence-electron chi connectivity index (χ4n) is 0.510. The van der Waals surface area contributed by atoms with E-state index in [1.165, 1.54) is 30.2 Å². The lowest BCUT2D eigenvalue weighted by atomic mass is 10.5. The standard InChI is InChI=1S/C5H8N2O2/c1-5(8,9)7-3-2-6-4-7/h2-4,8-9H,1H3. The van der Waals surface area contributed by atoms with Gasteiger partial charge < -0.3 is 10.2 Å². The summed E-state index contributed by atoms with van der Waals surface area (Å²) < 4.78 is 1.19. The van der Waals surface area contributed by atoms with Crippen LogP contribution in [0, 0.1) is 0 Å². The van der Waals surface area contributed by atoms with Crippen LogP contribution in [0.4, 0.5) is 0 Å². The molecule has 4 nitrogen and oxygen atoms in total. The Labute approximate surface area is 52.4 Å². The van der Waals surface area contributed by atoms with Crippen LogP contribution in [0.2, 0.25) is 0 Å². The number of aliphatic hydroxyl groups is 2. The molecule has 0 aliphatic rings. The minimum Gasteiger partial charge on any atom is -0.349 e. The van der Waals surface area contributed by atoms with E-state index >= 15 is 0 Å². The molecule has 9 heavy (non-hydrogen) atoms. The van der Waals surface area contributed by atoms with Crippen molar-refractivity contribution in [2.45, 2.75) is 12.8 Å². The summed E-state index contributed by atoms with van der Waals surface area (Å²) in [6.45, 7) is 1.26. The Hall–Kier alpha value is -0.870. The molecule has 0 amide bonds. The SMILES string of the molecule is CC(O)(O)n1ccnc1. The molecule has 0 bridgehead atoms. The fraction of sp³-hybridized carbons (Fsp3) is 0.400. The lowest BCUT2D eigenvalue weighted by Gasteiger charge is -2.15. The summed E-state index contributed by atoms with van der Waals surface area (Å²) in [4.78, 5) is 3.63. The van der Waals surface area contributed by atoms with Gasteiger partial charge in [0.1, 0.15) is 0 Å². The quantitative estimate of drug-likeness (QED) is 0.501. The van der Waals surface area contributed by atoms with Crippen molar-refractivity contribution in [2.24, 2.45) is 0 Å². The Morgan fingerprint density at radius 2 is 2.22 bits per heavy atom. The first kappa shape index (κ1) is 6.25. The van der Waals surface area contributed by atoms with Crippen LogP contribution in [0.25, 0.3) is 0 Å². The summed E-state index contributed by atoms with van der Waals surface area (Å²) in [5, 5.41) is 17.7. The Morgan fingerprint density at radius 3 is 2.44 bits per heavy atom. The lowest BCUT2D eigenvalue weighted by molar-refractivity contribution is -0.212. The van der Waals surface area contributed by atoms with Crippen molar-refractivity contribution in [3.8, 4) is 0 Å². The highest BCUT2D eigenvalue weighted by Crippen LogP contribution is 2.03. The maximum Gasteiger partial charge on any atom is 0.248 e. The van der Waals surface area contributed by atoms with E-state index in [4.69, 9.17) is 10.2 Å². The summed E-state index contributed by atoms with van der Waals surface area (Å²) in [6.07, 6.45) is 4.28. The second-order valence-electron chi connectivity index (χ2n) is 1.94. The van der Waals surface area contributed by atoms with Gasteiger partial charge in [-0.15, -0.1) is 0 Å². The molecule has 1 aromatic heterocycles. The molecule has 0 radical (unpaired) electrons. The third-order valence-electron chi connectivity index (χ3n) is 0.994. The summed E-state index contributed by atoms with van der Waals surface area (Å²) in [5.74, 6) is -1.82. The van der Waals surface area contributed by atoms with Crippen molar-refractivity contribution < 1.29 is 10.2 Å². The molecule has 0 unspecified atom stereocenters. The van der Waals surface area contributed by atoms with Gasteiger partial charge in [-0.2, -0.15) is 0 Å². The van der Waals surface area contributed by atoms with Gasteiger partial charge in [-0.25, -0.2) is 4.98 Å². The van der Waals surface area contributed by atoms with Gasteiger partial charge in [0.15, 0.2) is 0 Å². The number of aromatic nitrogens is 2. The average molecular weight is 128 g/mol. The van der Waals surface area contributed by atoms with E-state index in [1.54, 1.807) is 0 Å². The van der Waals surface area contributed by atoms with Crippen LogP contribution in [-0.4, -0.2) is 19.8 Å². The predicted octanol–water partition coefficient (Wildman–Crippen LogP) is -0.502. The van der Waals surface area contributed by atoms with Crippen molar-refractivity contribution in [2.75, 3.05) is 0 Å². The van der Waals surface area contributed by atoms with Gasteiger partial charge in [0, 0.05) is 19.3 Å². The van der Waals surface area contributed by atoms with Crippen LogP contribution in [0.3, 0.4) is 0 Å². The first-order valence-electron chi connectivity index (χ1n) is 2.54. The zero-order chi connectivity index (χ0) is 6.91. The largest absolute Gasteiger partial charge is 0.349 e. The highest BCUT2D eigenvalue weighted by molar-refractivity contribution is 4.77. The van der Waals surface area contributed by atoms with Gasteiger partial charge in [-0.05, 0) is 0 Å². The Balaban J connectivity index is 2.90. The van der Waals surface area contributed by atoms with Crippen LogP contribution in [0.15, 0.2) is 18.7 Å². The molecule has 0 aromatic carbocycles. The normalized spacial score (nSPS) is 11.9. The number of nitrogens with zero attached hydrogens (tertiary/aromatic N) is 2. The van der Waals surface area contributed by atoms with Gasteiger partial charge in [0.25, 0.3) is 0 Å². The summed E-state index contributed by atoms with van der Waals surface area (Å²) >= 11 is 0. The Kier molecular flexibility index (Phi) is 1.27. The highest BCUT2D eigenvalue weighted by Gasteiger charge is 2.15. The van der Waals surface area contributed by atoms with Gasteiger partial charge in [-0.3, -0.25) is 4.57 Å². The summed E-state index contributed by atoms with van der Waals surface area (Å²) in [7, 11) is 0. The van der Waals surface area contributed by atoms with E-state index in [9.17, 15) is 0 Å². The van der Waals surface area contributed by atoms with Crippen LogP contribution < -0.4 is 0 Å². The summed E-state index contributed by atoms with van der Waals surface area (Å²) in [6, 6.07) is 0. The van der Waals surface area contributed by atoms with Crippen molar-refractivity contribution in [3.63, 3.8) is 0 Å². The minimum atomic E-state index is -1.82. The highest BCUT2D eigenvalue weighted by atomic mass is 16.5. The maximum absolute atomic E-state index is 8.86. The molecule has 1 rings (SSSR count). The van der Waals surface area contributed by atoms with Gasteiger partial charge in [0.2, 0.25) is 5.91 Å². The van der Waals surface area contributed by atoms with E-state index in [0.717, 1.165) is 0 Å². The van der Waals surface area contributed by atoms with Gasteiger partial charge in [0.05, 0.1) is 6.33 Å². The van der Waals surface area contributed by atoms with E-state index < -0.39 is 5.91 Å². The molecule has 0 fully saturated rings. The van der Waals surface area contributed by atoms with Crippen LogP contribution in [-0.2, 0) is 5.91 Å². The summed E-state index contributed by atoms with van der Waals surface area (Å²) in [5.41, 5.74) is 0. The van der Waals surface area contributed by atoms with Crippen molar-refractivity contribution in [3.05, 3.63) is 18.7 Å². The molecule has 0 aliphatic heterocycles. The molecule has 0 aliphatic carbocycles. The number of hydrogen-bond donors (Lipinski definition) is 2. The molecular formula is C5H8N2O2. The topological polar surface area (TPSA) is 58.3 Å². The zero-order valence-electron chi connectivity index (χ0n) is 5.02. The molecular weight excluding hydrogens is 120 g/mol. The van der Waals surface area contributed by atoms with Crippen molar-refractivity contribution >= 4 is 0 Å². The minimum absolute atomic E-state index is 1.19. The van der Waals surface area contributed by atoms with E-state index in [0.29, 0.717) is 0 Å². The second kappa shape index (κ2) is 1.82. The third-order valence-corrected chi connectivity index (χ3v) is 0.994. The van der Waals surface area contributed by atoms with E-state index in [-0.39, 0.29) is 0 Å². The van der Waals surface area contributed by atoms with Crippen LogP contribution >= 0.6 is 0 Å². The first-order chi connectivity index (χ1) is 4.11. The number of imidazole rings is 1. The smallest absolute Gasteiger partial charge is 0.248 e. The Morgan fingerprint density at radius 1 is 1.56 bits per heavy atom. The molecule has 0 saturated carbocycles. The molecule has 4 heteroatoms. The third kappa shape index (κ3) is 1.28. The van der Waals surface area contributed by atoms with Crippen LogP contribution in [0.5, 0.6) is 0 Å². The molecule has 2 N–H and O–H groups in total. The Bertz CT molecular complexity index is 175. The molecule has 0 spiro atoms. The fourth-order valence-corrected chi connectivity index (χ4v) is 0.510. The molecule has 1 aromatic rings. The molecule has 50 valence electrons. The zero-order valence-corrected chi connectivity index (χ0v) is 5.02. The predicted molar refractivity (Wildman–Crippen MR) is 30.3 cm³/mol. The average Bonchev–Trinajstić information content (AvgIpc) is 2.08.